The Hall–Kier alpha value is -6.04. The summed E-state index contributed by atoms with van der Waals surface area (Å²) in [6, 6.07) is 12.7. The van der Waals surface area contributed by atoms with Crippen LogP contribution in [-0.2, 0) is 59.4 Å². The molecule has 0 saturated carbocycles. The Labute approximate surface area is 319 Å². The number of unbranched alkanes of at least 4 members (excludes halogenated alkanes) is 1. The average molecular weight is 772 g/mol. The Kier molecular flexibility index (Phi) is 12.5. The summed E-state index contributed by atoms with van der Waals surface area (Å²) in [6.45, 7) is 0.784. The lowest BCUT2D eigenvalue weighted by molar-refractivity contribution is -0.157. The summed E-state index contributed by atoms with van der Waals surface area (Å²) in [4.78, 5) is 79.6. The van der Waals surface area contributed by atoms with Crippen LogP contribution in [0.2, 0.25) is 0 Å². The number of aliphatic hydroxyl groups is 1. The number of pyridine rings is 2. The largest absolute Gasteiger partial charge is 0.458 e. The van der Waals surface area contributed by atoms with Crippen LogP contribution in [0.3, 0.4) is 0 Å². The maximum atomic E-state index is 14.7. The van der Waals surface area contributed by atoms with Crippen molar-refractivity contribution in [3.8, 4) is 11.4 Å². The van der Waals surface area contributed by atoms with Crippen LogP contribution in [0.5, 0.6) is 0 Å². The van der Waals surface area contributed by atoms with E-state index in [0.717, 1.165) is 22.1 Å². The highest BCUT2D eigenvalue weighted by molar-refractivity contribution is 5.92. The number of rotatable bonds is 16. The molecule has 2 aromatic carbocycles. The number of aromatic nitrogens is 2. The standard InChI is InChI=1S/C39H42FN7O9/c1-21-11-24-23(26-18-47-31(35(26)46-29(24)14-28(21)40)13-25-27(38(47)53)19-56-39(54)36(25)51)9-5-6-10-55-20-44-33(49)16-43-37(52)30(12-22-7-3-2-4-8-22)45-34(50)17-42-32(48)15-41/h2-4,7-8,11,13-14,30,36,51H,5-6,9-10,12,15-20,41H2,1H3,(H,42,48)(H,43,52)(H,44,49)(H,45,50)/t30-,36?/m0/s1. The molecule has 7 N–H and O–H groups in total. The van der Waals surface area contributed by atoms with Crippen molar-refractivity contribution in [3.05, 3.63) is 98.1 Å². The van der Waals surface area contributed by atoms with Crippen LogP contribution in [0, 0.1) is 12.7 Å². The molecule has 1 unspecified atom stereocenters. The van der Waals surface area contributed by atoms with Gasteiger partial charge >= 0.3 is 5.97 Å². The van der Waals surface area contributed by atoms with Gasteiger partial charge < -0.3 is 46.1 Å². The van der Waals surface area contributed by atoms with Crippen LogP contribution in [0.1, 0.15) is 52.3 Å². The van der Waals surface area contributed by atoms with Crippen molar-refractivity contribution in [2.75, 3.05) is 33.0 Å². The highest BCUT2D eigenvalue weighted by Gasteiger charge is 2.35. The number of hydrogen-bond donors (Lipinski definition) is 6. The number of aliphatic hydroxyl groups excluding tert-OH is 1. The number of benzene rings is 2. The minimum atomic E-state index is -1.59. The van der Waals surface area contributed by atoms with Crippen LogP contribution in [0.15, 0.2) is 53.3 Å². The molecule has 0 bridgehead atoms. The zero-order chi connectivity index (χ0) is 39.9. The number of carbonyl (C=O) groups excluding carboxylic acids is 5. The van der Waals surface area contributed by atoms with Crippen molar-refractivity contribution < 1.29 is 42.9 Å². The topological polar surface area (TPSA) is 233 Å². The van der Waals surface area contributed by atoms with Gasteiger partial charge in [0.15, 0.2) is 6.10 Å². The smallest absolute Gasteiger partial charge is 0.340 e. The predicted octanol–water partition coefficient (Wildman–Crippen LogP) is 0.295. The van der Waals surface area contributed by atoms with Crippen LogP contribution in [0.25, 0.3) is 22.3 Å². The molecule has 0 radical (unpaired) electrons. The van der Waals surface area contributed by atoms with E-state index in [1.165, 1.54) is 10.6 Å². The summed E-state index contributed by atoms with van der Waals surface area (Å²) in [5.41, 5.74) is 9.49. The molecule has 2 aromatic heterocycles. The van der Waals surface area contributed by atoms with Gasteiger partial charge in [0.05, 0.1) is 48.6 Å². The first-order chi connectivity index (χ1) is 26.9. The summed E-state index contributed by atoms with van der Waals surface area (Å²) in [6.07, 6.45) is 0.328. The Morgan fingerprint density at radius 3 is 2.55 bits per heavy atom. The van der Waals surface area contributed by atoms with Gasteiger partial charge in [-0.2, -0.15) is 0 Å². The number of amides is 4. The number of hydrogen-bond acceptors (Lipinski definition) is 11. The van der Waals surface area contributed by atoms with Crippen molar-refractivity contribution in [2.24, 2.45) is 5.73 Å². The van der Waals surface area contributed by atoms with Gasteiger partial charge in [-0.15, -0.1) is 0 Å². The summed E-state index contributed by atoms with van der Waals surface area (Å²) in [7, 11) is 0. The highest BCUT2D eigenvalue weighted by Crippen LogP contribution is 2.39. The van der Waals surface area contributed by atoms with E-state index in [1.807, 2.05) is 6.07 Å². The number of halogens is 1. The first kappa shape index (κ1) is 39.6. The van der Waals surface area contributed by atoms with Gasteiger partial charge in [0.2, 0.25) is 23.6 Å². The van der Waals surface area contributed by atoms with Gasteiger partial charge in [-0.1, -0.05) is 30.3 Å². The molecule has 17 heteroatoms. The molecule has 2 aliphatic rings. The number of fused-ring (bicyclic) bond motifs is 5. The lowest BCUT2D eigenvalue weighted by Gasteiger charge is -2.21. The fourth-order valence-electron chi connectivity index (χ4n) is 6.74. The molecular weight excluding hydrogens is 729 g/mol. The third kappa shape index (κ3) is 8.91. The van der Waals surface area contributed by atoms with E-state index >= 15 is 0 Å². The lowest BCUT2D eigenvalue weighted by Crippen LogP contribution is -2.52. The Morgan fingerprint density at radius 1 is 1.02 bits per heavy atom. The lowest BCUT2D eigenvalue weighted by atomic mass is 9.94. The molecule has 2 atom stereocenters. The molecule has 4 aromatic rings. The number of ether oxygens (including phenoxy) is 2. The third-order valence-corrected chi connectivity index (χ3v) is 9.68. The fourth-order valence-corrected chi connectivity index (χ4v) is 6.74. The number of nitrogens with two attached hydrogens (primary N) is 1. The van der Waals surface area contributed by atoms with E-state index in [4.69, 9.17) is 20.2 Å². The van der Waals surface area contributed by atoms with Gasteiger partial charge in [0.1, 0.15) is 25.2 Å². The summed E-state index contributed by atoms with van der Waals surface area (Å²) >= 11 is 0. The molecule has 16 nitrogen and oxygen atoms in total. The maximum Gasteiger partial charge on any atom is 0.340 e. The predicted molar refractivity (Wildman–Crippen MR) is 199 cm³/mol. The number of cyclic esters (lactones) is 1. The summed E-state index contributed by atoms with van der Waals surface area (Å²) < 4.78 is 26.9. The van der Waals surface area contributed by atoms with Crippen molar-refractivity contribution in [1.29, 1.82) is 0 Å². The Balaban J connectivity index is 1.02. The molecule has 6 rings (SSSR count). The minimum Gasteiger partial charge on any atom is -0.458 e. The second-order valence-corrected chi connectivity index (χ2v) is 13.5. The van der Waals surface area contributed by atoms with Crippen LogP contribution >= 0.6 is 0 Å². The normalized spacial score (nSPS) is 14.6. The maximum absolute atomic E-state index is 14.7. The van der Waals surface area contributed by atoms with Crippen LogP contribution < -0.4 is 32.6 Å². The molecular formula is C39H42FN7O9. The SMILES string of the molecule is Cc1cc2c(CCCCOCNC(=O)CNC(=O)[C@H](Cc3ccccc3)NC(=O)CNC(=O)CN)c3c(nc2cc1F)-c1cc2c(c(=O)n1C3)COC(=O)C2O. The number of nitrogens with one attached hydrogen (secondary N) is 4. The highest BCUT2D eigenvalue weighted by atomic mass is 19.1. The number of aryl methyl sites for hydroxylation is 2. The van der Waals surface area contributed by atoms with E-state index < -0.39 is 53.1 Å². The van der Waals surface area contributed by atoms with Crippen LogP contribution in [-0.4, -0.2) is 83.3 Å². The minimum absolute atomic E-state index is 0.118. The van der Waals surface area contributed by atoms with E-state index in [2.05, 4.69) is 21.3 Å². The Bertz CT molecular complexity index is 2250. The first-order valence-corrected chi connectivity index (χ1v) is 18.1. The second kappa shape index (κ2) is 17.6. The van der Waals surface area contributed by atoms with E-state index in [1.54, 1.807) is 43.3 Å². The van der Waals surface area contributed by atoms with E-state index in [9.17, 15) is 38.3 Å². The van der Waals surface area contributed by atoms with Crippen molar-refractivity contribution in [1.82, 2.24) is 30.8 Å². The zero-order valence-electron chi connectivity index (χ0n) is 30.6. The molecule has 56 heavy (non-hydrogen) atoms. The fraction of sp³-hybridized carbons (Fsp3) is 0.359. The van der Waals surface area contributed by atoms with Gasteiger partial charge in [-0.3, -0.25) is 24.0 Å². The van der Waals surface area contributed by atoms with Gasteiger partial charge in [-0.05, 0) is 55.0 Å². The molecule has 0 fully saturated rings. The first-order valence-electron chi connectivity index (χ1n) is 18.1. The second-order valence-electron chi connectivity index (χ2n) is 13.5. The molecule has 0 saturated heterocycles. The summed E-state index contributed by atoms with van der Waals surface area (Å²) in [5, 5.41) is 21.3. The number of esters is 1. The van der Waals surface area contributed by atoms with Crippen molar-refractivity contribution >= 4 is 40.5 Å². The van der Waals surface area contributed by atoms with E-state index in [-0.39, 0.29) is 63.7 Å². The quantitative estimate of drug-likeness (QED) is 0.0454. The molecule has 0 spiro atoms. The molecule has 4 amide bonds. The molecule has 294 valence electrons. The van der Waals surface area contributed by atoms with Crippen LogP contribution in [0.4, 0.5) is 4.39 Å². The Morgan fingerprint density at radius 2 is 1.79 bits per heavy atom. The monoisotopic (exact) mass is 771 g/mol. The van der Waals surface area contributed by atoms with Crippen molar-refractivity contribution in [2.45, 2.75) is 57.9 Å². The molecule has 2 aliphatic heterocycles. The van der Waals surface area contributed by atoms with E-state index in [0.29, 0.717) is 41.7 Å². The van der Waals surface area contributed by atoms with Gasteiger partial charge in [0.25, 0.3) is 5.56 Å². The summed E-state index contributed by atoms with van der Waals surface area (Å²) in [5.74, 6) is -3.48. The van der Waals surface area contributed by atoms with Gasteiger partial charge in [-0.25, -0.2) is 14.2 Å². The van der Waals surface area contributed by atoms with Gasteiger partial charge in [0, 0.05) is 35.6 Å². The number of carbonyl (C=O) groups is 5. The van der Waals surface area contributed by atoms with Crippen molar-refractivity contribution in [3.63, 3.8) is 0 Å². The average Bonchev–Trinajstić information content (AvgIpc) is 3.56. The zero-order valence-corrected chi connectivity index (χ0v) is 30.6. The molecule has 0 aliphatic carbocycles. The third-order valence-electron chi connectivity index (χ3n) is 9.68. The molecule has 4 heterocycles. The number of nitrogens with zero attached hydrogens (tertiary/aromatic N) is 2.